The van der Waals surface area contributed by atoms with Gasteiger partial charge in [0.2, 0.25) is 5.88 Å². The topological polar surface area (TPSA) is 66.3 Å². The molecule has 1 aromatic heterocycles. The highest BCUT2D eigenvalue weighted by molar-refractivity contribution is 5.87. The van der Waals surface area contributed by atoms with Crippen molar-refractivity contribution in [2.45, 2.75) is 57.7 Å². The van der Waals surface area contributed by atoms with Crippen molar-refractivity contribution in [1.29, 1.82) is 0 Å². The second-order valence-corrected chi connectivity index (χ2v) is 6.57. The van der Waals surface area contributed by atoms with E-state index in [0.29, 0.717) is 5.88 Å². The number of hydrogen-bond donors (Lipinski definition) is 3. The lowest BCUT2D eigenvalue weighted by molar-refractivity contribution is 0.149. The number of anilines is 1. The minimum Gasteiger partial charge on any atom is -0.449 e. The largest absolute Gasteiger partial charge is 0.449 e. The van der Waals surface area contributed by atoms with Gasteiger partial charge in [-0.25, -0.2) is 4.79 Å². The van der Waals surface area contributed by atoms with E-state index in [-0.39, 0.29) is 23.2 Å². The Morgan fingerprint density at radius 3 is 2.47 bits per heavy atom. The van der Waals surface area contributed by atoms with Crippen LogP contribution in [0.4, 0.5) is 10.7 Å². The van der Waals surface area contributed by atoms with Gasteiger partial charge in [-0.3, -0.25) is 5.32 Å². The molecule has 0 radical (unpaired) electrons. The maximum absolute atomic E-state index is 11.9. The molecule has 0 unspecified atom stereocenters. The summed E-state index contributed by atoms with van der Waals surface area (Å²) in [4.78, 5) is 11.9. The highest BCUT2D eigenvalue weighted by Crippen LogP contribution is 2.28. The fourth-order valence-corrected chi connectivity index (χ4v) is 3.11. The van der Waals surface area contributed by atoms with Gasteiger partial charge in [0.05, 0.1) is 6.26 Å². The average Bonchev–Trinajstić information content (AvgIpc) is 2.63. The Morgan fingerprint density at radius 1 is 1.32 bits per heavy atom. The SMILES string of the molecule is CC1(C)CC(NC(=O)Nc2ccco2)CC(C)(C)N1. The smallest absolute Gasteiger partial charge is 0.321 e. The van der Waals surface area contributed by atoms with Gasteiger partial charge in [-0.05, 0) is 46.6 Å². The fraction of sp³-hybridized carbons (Fsp3) is 0.643. The fourth-order valence-electron chi connectivity index (χ4n) is 3.11. The van der Waals surface area contributed by atoms with Crippen molar-refractivity contribution < 1.29 is 9.21 Å². The Morgan fingerprint density at radius 2 is 1.95 bits per heavy atom. The molecular weight excluding hydrogens is 242 g/mol. The van der Waals surface area contributed by atoms with Gasteiger partial charge in [-0.15, -0.1) is 0 Å². The van der Waals surface area contributed by atoms with Crippen LogP contribution < -0.4 is 16.0 Å². The van der Waals surface area contributed by atoms with Crippen molar-refractivity contribution in [2.75, 3.05) is 5.32 Å². The van der Waals surface area contributed by atoms with Crippen LogP contribution in [0.15, 0.2) is 22.8 Å². The van der Waals surface area contributed by atoms with Crippen LogP contribution in [-0.2, 0) is 0 Å². The standard InChI is InChI=1S/C14H23N3O2/c1-13(2)8-10(9-14(3,4)17-13)15-12(18)16-11-6-5-7-19-11/h5-7,10,17H,8-9H2,1-4H3,(H2,15,16,18). The summed E-state index contributed by atoms with van der Waals surface area (Å²) in [6.45, 7) is 8.64. The number of urea groups is 1. The molecule has 0 saturated carbocycles. The maximum atomic E-state index is 11.9. The van der Waals surface area contributed by atoms with Crippen molar-refractivity contribution in [1.82, 2.24) is 10.6 Å². The monoisotopic (exact) mass is 265 g/mol. The predicted octanol–water partition coefficient (Wildman–Crippen LogP) is 2.71. The zero-order chi connectivity index (χ0) is 14.1. The van der Waals surface area contributed by atoms with Gasteiger partial charge in [-0.2, -0.15) is 0 Å². The Kier molecular flexibility index (Phi) is 3.58. The zero-order valence-electron chi connectivity index (χ0n) is 12.0. The van der Waals surface area contributed by atoms with Crippen molar-refractivity contribution in [2.24, 2.45) is 0 Å². The first kappa shape index (κ1) is 13.9. The Bertz CT molecular complexity index is 422. The molecule has 1 fully saturated rings. The lowest BCUT2D eigenvalue weighted by atomic mass is 9.80. The van der Waals surface area contributed by atoms with Gasteiger partial charge in [0.25, 0.3) is 0 Å². The first-order valence-electron chi connectivity index (χ1n) is 6.66. The third kappa shape index (κ3) is 3.99. The minimum atomic E-state index is -0.214. The number of piperidine rings is 1. The molecule has 5 nitrogen and oxygen atoms in total. The van der Waals surface area contributed by atoms with Gasteiger partial charge in [0, 0.05) is 23.2 Å². The lowest BCUT2D eigenvalue weighted by Crippen LogP contribution is -2.62. The summed E-state index contributed by atoms with van der Waals surface area (Å²) in [6.07, 6.45) is 3.34. The maximum Gasteiger partial charge on any atom is 0.321 e. The van der Waals surface area contributed by atoms with Crippen LogP contribution in [0.2, 0.25) is 0 Å². The molecule has 1 saturated heterocycles. The van der Waals surface area contributed by atoms with Gasteiger partial charge in [0.1, 0.15) is 0 Å². The van der Waals surface area contributed by atoms with Gasteiger partial charge < -0.3 is 15.1 Å². The molecule has 19 heavy (non-hydrogen) atoms. The van der Waals surface area contributed by atoms with E-state index in [9.17, 15) is 4.79 Å². The third-order valence-electron chi connectivity index (χ3n) is 3.28. The first-order valence-corrected chi connectivity index (χ1v) is 6.66. The minimum absolute atomic E-state index is 0.0182. The van der Waals surface area contributed by atoms with Crippen LogP contribution >= 0.6 is 0 Å². The second kappa shape index (κ2) is 4.89. The number of hydrogen-bond acceptors (Lipinski definition) is 3. The van der Waals surface area contributed by atoms with Gasteiger partial charge in [-0.1, -0.05) is 0 Å². The van der Waals surface area contributed by atoms with Crippen LogP contribution in [0, 0.1) is 0 Å². The molecule has 1 aliphatic rings. The van der Waals surface area contributed by atoms with E-state index in [4.69, 9.17) is 4.42 Å². The summed E-state index contributed by atoms with van der Waals surface area (Å²) in [6, 6.07) is 3.40. The number of furan rings is 1. The highest BCUT2D eigenvalue weighted by atomic mass is 16.3. The zero-order valence-corrected chi connectivity index (χ0v) is 12.0. The predicted molar refractivity (Wildman–Crippen MR) is 75.2 cm³/mol. The van der Waals surface area contributed by atoms with Crippen molar-refractivity contribution in [3.63, 3.8) is 0 Å². The molecule has 0 aromatic carbocycles. The Labute approximate surface area is 114 Å². The molecule has 5 heteroatoms. The number of rotatable bonds is 2. The molecule has 1 aliphatic heterocycles. The van der Waals surface area contributed by atoms with Crippen LogP contribution in [-0.4, -0.2) is 23.2 Å². The summed E-state index contributed by atoms with van der Waals surface area (Å²) in [5, 5.41) is 9.30. The quantitative estimate of drug-likeness (QED) is 0.770. The second-order valence-electron chi connectivity index (χ2n) is 6.57. The molecule has 0 spiro atoms. The van der Waals surface area contributed by atoms with E-state index < -0.39 is 0 Å². The molecule has 2 heterocycles. The highest BCUT2D eigenvalue weighted by Gasteiger charge is 2.38. The molecule has 2 rings (SSSR count). The molecule has 3 N–H and O–H groups in total. The average molecular weight is 265 g/mol. The van der Waals surface area contributed by atoms with E-state index in [1.54, 1.807) is 12.1 Å². The number of nitrogens with one attached hydrogen (secondary N) is 3. The Balaban J connectivity index is 1.93. The van der Waals surface area contributed by atoms with Crippen LogP contribution in [0.3, 0.4) is 0 Å². The molecule has 1 aromatic rings. The molecular formula is C14H23N3O2. The number of amides is 2. The summed E-state index contributed by atoms with van der Waals surface area (Å²) in [5.74, 6) is 0.463. The van der Waals surface area contributed by atoms with Crippen molar-refractivity contribution >= 4 is 11.9 Å². The Hall–Kier alpha value is -1.49. The number of carbonyl (C=O) groups is 1. The van der Waals surface area contributed by atoms with E-state index in [0.717, 1.165) is 12.8 Å². The van der Waals surface area contributed by atoms with E-state index in [1.807, 2.05) is 0 Å². The molecule has 0 bridgehead atoms. The van der Waals surface area contributed by atoms with E-state index in [2.05, 4.69) is 43.6 Å². The summed E-state index contributed by atoms with van der Waals surface area (Å²) < 4.78 is 5.09. The van der Waals surface area contributed by atoms with Crippen molar-refractivity contribution in [3.05, 3.63) is 18.4 Å². The lowest BCUT2D eigenvalue weighted by Gasteiger charge is -2.46. The molecule has 0 atom stereocenters. The summed E-state index contributed by atoms with van der Waals surface area (Å²) in [5.41, 5.74) is 0.0365. The first-order chi connectivity index (χ1) is 8.76. The van der Waals surface area contributed by atoms with Crippen LogP contribution in [0.25, 0.3) is 0 Å². The molecule has 2 amide bonds. The normalized spacial score (nSPS) is 21.9. The van der Waals surface area contributed by atoms with Crippen LogP contribution in [0.5, 0.6) is 0 Å². The third-order valence-corrected chi connectivity index (χ3v) is 3.28. The van der Waals surface area contributed by atoms with Gasteiger partial charge >= 0.3 is 6.03 Å². The van der Waals surface area contributed by atoms with Crippen molar-refractivity contribution in [3.8, 4) is 0 Å². The van der Waals surface area contributed by atoms with E-state index in [1.165, 1.54) is 6.26 Å². The number of carbonyl (C=O) groups excluding carboxylic acids is 1. The molecule has 0 aliphatic carbocycles. The van der Waals surface area contributed by atoms with Gasteiger partial charge in [0.15, 0.2) is 0 Å². The summed E-state index contributed by atoms with van der Waals surface area (Å²) in [7, 11) is 0. The summed E-state index contributed by atoms with van der Waals surface area (Å²) >= 11 is 0. The molecule has 106 valence electrons. The van der Waals surface area contributed by atoms with E-state index >= 15 is 0 Å². The van der Waals surface area contributed by atoms with Crippen LogP contribution in [0.1, 0.15) is 40.5 Å².